The summed E-state index contributed by atoms with van der Waals surface area (Å²) >= 11 is 0. The number of hydrogen-bond acceptors (Lipinski definition) is 4. The average Bonchev–Trinajstić information content (AvgIpc) is 3.37. The fourth-order valence-corrected chi connectivity index (χ4v) is 5.23. The van der Waals surface area contributed by atoms with Gasteiger partial charge >= 0.3 is 6.03 Å². The van der Waals surface area contributed by atoms with Crippen LogP contribution >= 0.6 is 0 Å². The Labute approximate surface area is 181 Å². The van der Waals surface area contributed by atoms with Crippen molar-refractivity contribution in [1.29, 1.82) is 0 Å². The summed E-state index contributed by atoms with van der Waals surface area (Å²) in [5, 5.41) is 3.02. The number of piperidine rings is 1. The third-order valence-corrected chi connectivity index (χ3v) is 6.81. The molecule has 168 valence electrons. The van der Waals surface area contributed by atoms with E-state index in [4.69, 9.17) is 4.74 Å². The van der Waals surface area contributed by atoms with Gasteiger partial charge in [-0.2, -0.15) is 0 Å². The van der Waals surface area contributed by atoms with Gasteiger partial charge in [0.05, 0.1) is 12.6 Å². The van der Waals surface area contributed by atoms with Crippen LogP contribution in [0.2, 0.25) is 0 Å². The fraction of sp³-hybridized carbons (Fsp3) is 0.609. The van der Waals surface area contributed by atoms with Gasteiger partial charge in [-0.1, -0.05) is 19.4 Å². The van der Waals surface area contributed by atoms with Crippen LogP contribution < -0.4 is 5.32 Å². The molecule has 4 rings (SSSR count). The molecule has 0 aromatic heterocycles. The molecule has 3 fully saturated rings. The van der Waals surface area contributed by atoms with Gasteiger partial charge in [-0.15, -0.1) is 0 Å². The molecule has 3 heterocycles. The molecule has 3 saturated heterocycles. The number of likely N-dealkylation sites (tertiary alicyclic amines) is 1. The zero-order valence-electron chi connectivity index (χ0n) is 17.9. The van der Waals surface area contributed by atoms with Crippen molar-refractivity contribution in [3.05, 3.63) is 35.6 Å². The van der Waals surface area contributed by atoms with Crippen molar-refractivity contribution in [2.45, 2.75) is 57.1 Å². The first-order chi connectivity index (χ1) is 14.9. The summed E-state index contributed by atoms with van der Waals surface area (Å²) in [7, 11) is 0. The number of nitrogens with one attached hydrogen (secondary N) is 1. The lowest BCUT2D eigenvalue weighted by molar-refractivity contribution is -0.135. The maximum Gasteiger partial charge on any atom is 0.325 e. The molecular weight excluding hydrogens is 401 g/mol. The summed E-state index contributed by atoms with van der Waals surface area (Å²) in [6.07, 6.45) is 4.29. The average molecular weight is 432 g/mol. The Balaban J connectivity index is 1.45. The van der Waals surface area contributed by atoms with Crippen LogP contribution in [0.3, 0.4) is 0 Å². The van der Waals surface area contributed by atoms with Gasteiger partial charge in [-0.25, -0.2) is 9.18 Å². The van der Waals surface area contributed by atoms with Crippen molar-refractivity contribution >= 4 is 17.8 Å². The van der Waals surface area contributed by atoms with Crippen LogP contribution in [0.15, 0.2) is 24.3 Å². The van der Waals surface area contributed by atoms with Crippen LogP contribution in [-0.2, 0) is 9.53 Å². The molecule has 1 aromatic carbocycles. The van der Waals surface area contributed by atoms with Gasteiger partial charge in [0.2, 0.25) is 0 Å². The third-order valence-electron chi connectivity index (χ3n) is 6.81. The topological polar surface area (TPSA) is 79.0 Å². The minimum absolute atomic E-state index is 0.0463. The lowest BCUT2D eigenvalue weighted by atomic mass is 9.74. The second kappa shape index (κ2) is 8.94. The van der Waals surface area contributed by atoms with Gasteiger partial charge in [-0.05, 0) is 56.2 Å². The third kappa shape index (κ3) is 4.18. The predicted molar refractivity (Wildman–Crippen MR) is 112 cm³/mol. The number of carbonyl (C=O) groups is 3. The number of imide groups is 1. The van der Waals surface area contributed by atoms with Gasteiger partial charge in [0, 0.05) is 25.3 Å². The zero-order valence-corrected chi connectivity index (χ0v) is 17.9. The van der Waals surface area contributed by atoms with Gasteiger partial charge in [0.25, 0.3) is 11.8 Å². The number of rotatable bonds is 6. The van der Waals surface area contributed by atoms with Gasteiger partial charge in [0.15, 0.2) is 0 Å². The highest BCUT2D eigenvalue weighted by molar-refractivity contribution is 6.07. The van der Waals surface area contributed by atoms with E-state index in [1.54, 1.807) is 11.0 Å². The lowest BCUT2D eigenvalue weighted by Crippen LogP contribution is -2.56. The largest absolute Gasteiger partial charge is 0.376 e. The molecule has 4 amide bonds. The minimum atomic E-state index is -0.918. The highest BCUT2D eigenvalue weighted by Crippen LogP contribution is 2.37. The van der Waals surface area contributed by atoms with Crippen LogP contribution in [0.25, 0.3) is 0 Å². The molecule has 0 saturated carbocycles. The Kier molecular flexibility index (Phi) is 6.27. The number of urea groups is 1. The summed E-state index contributed by atoms with van der Waals surface area (Å²) in [5.41, 5.74) is -0.590. The number of ether oxygens (including phenoxy) is 1. The van der Waals surface area contributed by atoms with Crippen LogP contribution in [0.4, 0.5) is 9.18 Å². The Morgan fingerprint density at radius 1 is 1.26 bits per heavy atom. The van der Waals surface area contributed by atoms with E-state index in [1.807, 2.05) is 6.92 Å². The molecule has 0 bridgehead atoms. The Morgan fingerprint density at radius 2 is 2.03 bits per heavy atom. The lowest BCUT2D eigenvalue weighted by Gasteiger charge is -2.41. The molecule has 0 unspecified atom stereocenters. The monoisotopic (exact) mass is 431 g/mol. The van der Waals surface area contributed by atoms with E-state index in [-0.39, 0.29) is 29.9 Å². The molecule has 0 radical (unpaired) electrons. The molecule has 1 aromatic rings. The molecule has 2 atom stereocenters. The SMILES string of the molecule is CCC[C@@]1(C2CCN(C(=O)c3cccc(F)c3)CC2)NC(=O)N(C[C@@H]2CCCO2)C1=O. The molecule has 31 heavy (non-hydrogen) atoms. The van der Waals surface area contributed by atoms with Crippen molar-refractivity contribution in [3.8, 4) is 0 Å². The molecule has 0 spiro atoms. The van der Waals surface area contributed by atoms with Gasteiger partial charge in [-0.3, -0.25) is 14.5 Å². The normalized spacial score (nSPS) is 27.1. The first-order valence-electron chi connectivity index (χ1n) is 11.2. The quantitative estimate of drug-likeness (QED) is 0.703. The second-order valence-electron chi connectivity index (χ2n) is 8.78. The van der Waals surface area contributed by atoms with Crippen molar-refractivity contribution in [1.82, 2.24) is 15.1 Å². The fourth-order valence-electron chi connectivity index (χ4n) is 5.23. The smallest absolute Gasteiger partial charge is 0.325 e. The number of nitrogens with zero attached hydrogens (tertiary/aromatic N) is 2. The molecule has 1 N–H and O–H groups in total. The van der Waals surface area contributed by atoms with Crippen molar-refractivity contribution in [2.24, 2.45) is 5.92 Å². The van der Waals surface area contributed by atoms with Crippen molar-refractivity contribution in [2.75, 3.05) is 26.2 Å². The molecule has 8 heteroatoms. The molecule has 3 aliphatic rings. The summed E-state index contributed by atoms with van der Waals surface area (Å²) in [6.45, 7) is 3.92. The van der Waals surface area contributed by atoms with Crippen LogP contribution in [0.1, 0.15) is 55.8 Å². The first-order valence-corrected chi connectivity index (χ1v) is 11.2. The second-order valence-corrected chi connectivity index (χ2v) is 8.78. The highest BCUT2D eigenvalue weighted by atomic mass is 19.1. The number of hydrogen-bond donors (Lipinski definition) is 1. The minimum Gasteiger partial charge on any atom is -0.376 e. The van der Waals surface area contributed by atoms with Crippen molar-refractivity contribution < 1.29 is 23.5 Å². The molecule has 3 aliphatic heterocycles. The van der Waals surface area contributed by atoms with E-state index < -0.39 is 11.4 Å². The molecular formula is C23H30FN3O4. The van der Waals surface area contributed by atoms with Crippen molar-refractivity contribution in [3.63, 3.8) is 0 Å². The van der Waals surface area contributed by atoms with Gasteiger partial charge < -0.3 is 15.0 Å². The first kappa shape index (κ1) is 21.7. The summed E-state index contributed by atoms with van der Waals surface area (Å²) in [5.74, 6) is -0.850. The zero-order chi connectivity index (χ0) is 22.0. The molecule has 0 aliphatic carbocycles. The number of benzene rings is 1. The predicted octanol–water partition coefficient (Wildman–Crippen LogP) is 2.95. The van der Waals surface area contributed by atoms with E-state index in [0.29, 0.717) is 51.1 Å². The van der Waals surface area contributed by atoms with E-state index in [9.17, 15) is 18.8 Å². The highest BCUT2D eigenvalue weighted by Gasteiger charge is 2.55. The van der Waals surface area contributed by atoms with Crippen LogP contribution in [-0.4, -0.2) is 65.5 Å². The van der Waals surface area contributed by atoms with Crippen LogP contribution in [0, 0.1) is 11.7 Å². The summed E-state index contributed by atoms with van der Waals surface area (Å²) in [4.78, 5) is 42.0. The summed E-state index contributed by atoms with van der Waals surface area (Å²) < 4.78 is 19.1. The standard InChI is InChI=1S/C23H30FN3O4/c1-2-10-23(21(29)27(22(30)25-23)15-19-7-4-13-31-19)17-8-11-26(12-9-17)20(28)16-5-3-6-18(24)14-16/h3,5-6,14,17,19H,2,4,7-13,15H2,1H3,(H,25,30)/t19-,23-/m0/s1. The Bertz CT molecular complexity index is 849. The van der Waals surface area contributed by atoms with E-state index in [0.717, 1.165) is 19.3 Å². The Hall–Kier alpha value is -2.48. The molecule has 7 nitrogen and oxygen atoms in total. The van der Waals surface area contributed by atoms with E-state index in [1.165, 1.54) is 23.1 Å². The van der Waals surface area contributed by atoms with Gasteiger partial charge in [0.1, 0.15) is 11.4 Å². The number of carbonyl (C=O) groups excluding carboxylic acids is 3. The summed E-state index contributed by atoms with van der Waals surface area (Å²) in [6, 6.07) is 5.36. The van der Waals surface area contributed by atoms with Crippen LogP contribution in [0.5, 0.6) is 0 Å². The Morgan fingerprint density at radius 3 is 2.68 bits per heavy atom. The number of halogens is 1. The maximum atomic E-state index is 13.5. The van der Waals surface area contributed by atoms with E-state index >= 15 is 0 Å². The number of amides is 4. The van der Waals surface area contributed by atoms with E-state index in [2.05, 4.69) is 5.32 Å². The maximum absolute atomic E-state index is 13.5.